The highest BCUT2D eigenvalue weighted by Gasteiger charge is 2.15. The van der Waals surface area contributed by atoms with Crippen molar-refractivity contribution < 1.29 is 12.8 Å². The summed E-state index contributed by atoms with van der Waals surface area (Å²) in [5, 5.41) is 3.18. The molecule has 1 aromatic heterocycles. The fourth-order valence-corrected chi connectivity index (χ4v) is 2.60. The van der Waals surface area contributed by atoms with Crippen LogP contribution in [0, 0.1) is 0 Å². The lowest BCUT2D eigenvalue weighted by molar-refractivity contribution is 0.562. The van der Waals surface area contributed by atoms with Crippen LogP contribution in [-0.2, 0) is 9.84 Å². The molecular formula is C13H15NO3S. The molecule has 0 spiro atoms. The van der Waals surface area contributed by atoms with Gasteiger partial charge in [-0.2, -0.15) is 0 Å². The number of sulfone groups is 1. The monoisotopic (exact) mass is 265 g/mol. The minimum Gasteiger partial charge on any atom is -0.472 e. The average Bonchev–Trinajstić information content (AvgIpc) is 2.81. The molecule has 4 nitrogen and oxygen atoms in total. The van der Waals surface area contributed by atoms with E-state index in [4.69, 9.17) is 4.42 Å². The first-order chi connectivity index (χ1) is 8.48. The van der Waals surface area contributed by atoms with Gasteiger partial charge < -0.3 is 9.73 Å². The van der Waals surface area contributed by atoms with Crippen molar-refractivity contribution in [2.24, 2.45) is 0 Å². The Hall–Kier alpha value is -1.75. The van der Waals surface area contributed by atoms with Crippen LogP contribution in [0.5, 0.6) is 0 Å². The Labute approximate surface area is 107 Å². The molecule has 0 radical (unpaired) electrons. The molecule has 0 bridgehead atoms. The fourth-order valence-electron chi connectivity index (χ4n) is 1.75. The van der Waals surface area contributed by atoms with Crippen LogP contribution >= 0.6 is 0 Å². The molecule has 1 atom stereocenters. The quantitative estimate of drug-likeness (QED) is 0.923. The predicted molar refractivity (Wildman–Crippen MR) is 70.3 cm³/mol. The topological polar surface area (TPSA) is 59.3 Å². The van der Waals surface area contributed by atoms with Crippen molar-refractivity contribution in [1.82, 2.24) is 0 Å². The number of para-hydroxylation sites is 1. The summed E-state index contributed by atoms with van der Waals surface area (Å²) < 4.78 is 28.3. The first kappa shape index (κ1) is 12.7. The van der Waals surface area contributed by atoms with Gasteiger partial charge in [-0.15, -0.1) is 0 Å². The molecule has 0 aliphatic heterocycles. The van der Waals surface area contributed by atoms with E-state index in [0.29, 0.717) is 10.6 Å². The summed E-state index contributed by atoms with van der Waals surface area (Å²) in [6.07, 6.45) is 4.44. The van der Waals surface area contributed by atoms with Crippen molar-refractivity contribution in [2.75, 3.05) is 11.6 Å². The molecule has 18 heavy (non-hydrogen) atoms. The molecule has 1 aromatic carbocycles. The van der Waals surface area contributed by atoms with Crippen molar-refractivity contribution in [3.05, 3.63) is 48.4 Å². The van der Waals surface area contributed by atoms with Crippen molar-refractivity contribution in [2.45, 2.75) is 17.9 Å². The second-order valence-electron chi connectivity index (χ2n) is 4.19. The molecule has 0 saturated carbocycles. The second-order valence-corrected chi connectivity index (χ2v) is 6.18. The minimum absolute atomic E-state index is 0.0216. The first-order valence-electron chi connectivity index (χ1n) is 5.56. The zero-order valence-corrected chi connectivity index (χ0v) is 11.1. The summed E-state index contributed by atoms with van der Waals surface area (Å²) in [5.41, 5.74) is 1.58. The number of benzene rings is 1. The van der Waals surface area contributed by atoms with Gasteiger partial charge >= 0.3 is 0 Å². The number of hydrogen-bond donors (Lipinski definition) is 1. The third kappa shape index (κ3) is 2.73. The molecule has 2 rings (SSSR count). The van der Waals surface area contributed by atoms with Gasteiger partial charge in [-0.3, -0.25) is 0 Å². The number of anilines is 1. The van der Waals surface area contributed by atoms with E-state index in [9.17, 15) is 8.42 Å². The van der Waals surface area contributed by atoms with E-state index in [0.717, 1.165) is 5.56 Å². The van der Waals surface area contributed by atoms with Crippen LogP contribution in [0.2, 0.25) is 0 Å². The summed E-state index contributed by atoms with van der Waals surface area (Å²) in [6.45, 7) is 1.95. The van der Waals surface area contributed by atoms with Crippen LogP contribution in [0.1, 0.15) is 18.5 Å². The lowest BCUT2D eigenvalue weighted by Crippen LogP contribution is -2.09. The second kappa shape index (κ2) is 4.86. The van der Waals surface area contributed by atoms with Crippen molar-refractivity contribution in [1.29, 1.82) is 0 Å². The Bertz CT molecular complexity index is 617. The number of hydrogen-bond acceptors (Lipinski definition) is 4. The summed E-state index contributed by atoms with van der Waals surface area (Å²) in [6, 6.07) is 8.70. The van der Waals surface area contributed by atoms with Gasteiger partial charge in [-0.1, -0.05) is 12.1 Å². The first-order valence-corrected chi connectivity index (χ1v) is 7.45. The van der Waals surface area contributed by atoms with Gasteiger partial charge in [0, 0.05) is 11.8 Å². The van der Waals surface area contributed by atoms with Crippen LogP contribution in [-0.4, -0.2) is 14.7 Å². The molecule has 0 fully saturated rings. The van der Waals surface area contributed by atoms with E-state index in [1.54, 1.807) is 36.8 Å². The molecule has 1 heterocycles. The zero-order chi connectivity index (χ0) is 13.2. The number of nitrogens with one attached hydrogen (secondary N) is 1. The van der Waals surface area contributed by atoms with Crippen LogP contribution < -0.4 is 5.32 Å². The molecule has 0 amide bonds. The predicted octanol–water partition coefficient (Wildman–Crippen LogP) is 2.86. The SMILES string of the molecule is CC(Nc1ccccc1S(C)(=O)=O)c1ccoc1. The number of furan rings is 1. The largest absolute Gasteiger partial charge is 0.472 e. The molecular weight excluding hydrogens is 250 g/mol. The maximum atomic E-state index is 11.7. The van der Waals surface area contributed by atoms with E-state index in [1.165, 1.54) is 6.26 Å². The molecule has 1 N–H and O–H groups in total. The van der Waals surface area contributed by atoms with Crippen molar-refractivity contribution in [3.63, 3.8) is 0 Å². The summed E-state index contributed by atoms with van der Waals surface area (Å²) in [4.78, 5) is 0.306. The Kier molecular flexibility index (Phi) is 3.43. The van der Waals surface area contributed by atoms with Crippen LogP contribution in [0.4, 0.5) is 5.69 Å². The van der Waals surface area contributed by atoms with Gasteiger partial charge in [0.2, 0.25) is 0 Å². The van der Waals surface area contributed by atoms with Crippen LogP contribution in [0.15, 0.2) is 52.2 Å². The average molecular weight is 265 g/mol. The van der Waals surface area contributed by atoms with E-state index < -0.39 is 9.84 Å². The van der Waals surface area contributed by atoms with Gasteiger partial charge in [0.25, 0.3) is 0 Å². The number of rotatable bonds is 4. The molecule has 0 aliphatic rings. The smallest absolute Gasteiger partial charge is 0.177 e. The molecule has 1 unspecified atom stereocenters. The van der Waals surface area contributed by atoms with Gasteiger partial charge in [0.15, 0.2) is 9.84 Å². The third-order valence-electron chi connectivity index (χ3n) is 2.70. The van der Waals surface area contributed by atoms with Crippen molar-refractivity contribution in [3.8, 4) is 0 Å². The Morgan fingerprint density at radius 1 is 1.22 bits per heavy atom. The lowest BCUT2D eigenvalue weighted by atomic mass is 10.1. The van der Waals surface area contributed by atoms with Crippen LogP contribution in [0.25, 0.3) is 0 Å². The van der Waals surface area contributed by atoms with E-state index in [-0.39, 0.29) is 6.04 Å². The fraction of sp³-hybridized carbons (Fsp3) is 0.231. The summed E-state index contributed by atoms with van der Waals surface area (Å²) in [5.74, 6) is 0. The van der Waals surface area contributed by atoms with Gasteiger partial charge in [-0.25, -0.2) is 8.42 Å². The Morgan fingerprint density at radius 2 is 1.94 bits per heavy atom. The Morgan fingerprint density at radius 3 is 2.56 bits per heavy atom. The third-order valence-corrected chi connectivity index (χ3v) is 3.86. The molecule has 0 aliphatic carbocycles. The van der Waals surface area contributed by atoms with Gasteiger partial charge in [0.05, 0.1) is 29.2 Å². The van der Waals surface area contributed by atoms with Gasteiger partial charge in [-0.05, 0) is 25.1 Å². The van der Waals surface area contributed by atoms with Crippen LogP contribution in [0.3, 0.4) is 0 Å². The molecule has 2 aromatic rings. The Balaban J connectivity index is 2.30. The van der Waals surface area contributed by atoms with E-state index in [2.05, 4.69) is 5.32 Å². The van der Waals surface area contributed by atoms with E-state index in [1.807, 2.05) is 13.0 Å². The molecule has 0 saturated heterocycles. The highest BCUT2D eigenvalue weighted by Crippen LogP contribution is 2.25. The van der Waals surface area contributed by atoms with E-state index >= 15 is 0 Å². The van der Waals surface area contributed by atoms with Gasteiger partial charge in [0.1, 0.15) is 0 Å². The molecule has 96 valence electrons. The maximum absolute atomic E-state index is 11.7. The summed E-state index contributed by atoms with van der Waals surface area (Å²) >= 11 is 0. The highest BCUT2D eigenvalue weighted by atomic mass is 32.2. The minimum atomic E-state index is -3.23. The lowest BCUT2D eigenvalue weighted by Gasteiger charge is -2.16. The summed E-state index contributed by atoms with van der Waals surface area (Å²) in [7, 11) is -3.23. The standard InChI is InChI=1S/C13H15NO3S/c1-10(11-7-8-17-9-11)14-12-5-3-4-6-13(12)18(2,15)16/h3-10,14H,1-2H3. The normalized spacial score (nSPS) is 13.2. The van der Waals surface area contributed by atoms with Crippen molar-refractivity contribution >= 4 is 15.5 Å². The molecule has 5 heteroatoms. The zero-order valence-electron chi connectivity index (χ0n) is 10.3. The maximum Gasteiger partial charge on any atom is 0.177 e. The highest BCUT2D eigenvalue weighted by molar-refractivity contribution is 7.90.